The zero-order valence-electron chi connectivity index (χ0n) is 9.76. The molecule has 0 aliphatic carbocycles. The number of carbonyl (C=O) groups is 1. The Morgan fingerprint density at radius 3 is 2.74 bits per heavy atom. The molecule has 0 bridgehead atoms. The van der Waals surface area contributed by atoms with Crippen molar-refractivity contribution in [1.29, 1.82) is 0 Å². The van der Waals surface area contributed by atoms with E-state index in [4.69, 9.17) is 16.3 Å². The van der Waals surface area contributed by atoms with Gasteiger partial charge in [0.25, 0.3) is 0 Å². The topological polar surface area (TPSA) is 46.5 Å². The average molecular weight is 273 g/mol. The van der Waals surface area contributed by atoms with Crippen molar-refractivity contribution in [3.8, 4) is 11.5 Å². The summed E-state index contributed by atoms with van der Waals surface area (Å²) < 4.78 is 5.45. The van der Waals surface area contributed by atoms with Crippen LogP contribution in [0, 0.1) is 0 Å². The van der Waals surface area contributed by atoms with Crippen molar-refractivity contribution in [2.24, 2.45) is 0 Å². The fourth-order valence-electron chi connectivity index (χ4n) is 1.91. The SMILES string of the molecule is O=C1C(=Cc2ccccc2Cl)Oc2cc(O)ccc21. The first-order valence-corrected chi connectivity index (χ1v) is 6.05. The van der Waals surface area contributed by atoms with E-state index in [9.17, 15) is 9.90 Å². The second-order valence-electron chi connectivity index (χ2n) is 4.14. The van der Waals surface area contributed by atoms with E-state index in [1.165, 1.54) is 12.1 Å². The normalized spacial score (nSPS) is 15.4. The van der Waals surface area contributed by atoms with E-state index in [-0.39, 0.29) is 17.3 Å². The fraction of sp³-hybridized carbons (Fsp3) is 0. The van der Waals surface area contributed by atoms with Crippen molar-refractivity contribution in [3.05, 3.63) is 64.4 Å². The molecule has 0 radical (unpaired) electrons. The van der Waals surface area contributed by atoms with Gasteiger partial charge in [0, 0.05) is 11.1 Å². The number of ketones is 1. The van der Waals surface area contributed by atoms with Crippen LogP contribution in [0.4, 0.5) is 0 Å². The highest BCUT2D eigenvalue weighted by Crippen LogP contribution is 2.34. The Balaban J connectivity index is 2.02. The third-order valence-electron chi connectivity index (χ3n) is 2.85. The van der Waals surface area contributed by atoms with Gasteiger partial charge in [0.15, 0.2) is 5.76 Å². The first-order valence-electron chi connectivity index (χ1n) is 5.67. The summed E-state index contributed by atoms with van der Waals surface area (Å²) >= 11 is 6.04. The second kappa shape index (κ2) is 4.44. The van der Waals surface area contributed by atoms with Crippen LogP contribution >= 0.6 is 11.6 Å². The van der Waals surface area contributed by atoms with Gasteiger partial charge in [-0.2, -0.15) is 0 Å². The Labute approximate surface area is 114 Å². The van der Waals surface area contributed by atoms with Crippen molar-refractivity contribution >= 4 is 23.5 Å². The summed E-state index contributed by atoms with van der Waals surface area (Å²) in [6.07, 6.45) is 1.60. The molecule has 0 fully saturated rings. The van der Waals surface area contributed by atoms with Crippen LogP contribution in [0.1, 0.15) is 15.9 Å². The summed E-state index contributed by atoms with van der Waals surface area (Å²) in [6, 6.07) is 11.6. The molecule has 2 aromatic rings. The Morgan fingerprint density at radius 1 is 1.16 bits per heavy atom. The molecule has 0 aromatic heterocycles. The van der Waals surface area contributed by atoms with Crippen molar-refractivity contribution in [2.75, 3.05) is 0 Å². The number of aromatic hydroxyl groups is 1. The molecule has 1 heterocycles. The van der Waals surface area contributed by atoms with E-state index in [0.29, 0.717) is 21.9 Å². The molecule has 1 N–H and O–H groups in total. The lowest BCUT2D eigenvalue weighted by Gasteiger charge is -2.00. The van der Waals surface area contributed by atoms with Gasteiger partial charge < -0.3 is 9.84 Å². The number of Topliss-reactive ketones (excluding diaryl/α,β-unsaturated/α-hetero) is 1. The first kappa shape index (κ1) is 11.8. The van der Waals surface area contributed by atoms with Crippen LogP contribution in [0.2, 0.25) is 5.02 Å². The molecular weight excluding hydrogens is 264 g/mol. The van der Waals surface area contributed by atoms with Gasteiger partial charge in [-0.1, -0.05) is 29.8 Å². The summed E-state index contributed by atoms with van der Waals surface area (Å²) in [5.74, 6) is 0.414. The summed E-state index contributed by atoms with van der Waals surface area (Å²) in [4.78, 5) is 12.1. The number of hydrogen-bond donors (Lipinski definition) is 1. The lowest BCUT2D eigenvalue weighted by molar-refractivity contribution is 0.101. The molecule has 2 aromatic carbocycles. The van der Waals surface area contributed by atoms with Gasteiger partial charge in [0.1, 0.15) is 11.5 Å². The summed E-state index contributed by atoms with van der Waals surface area (Å²) in [7, 11) is 0. The van der Waals surface area contributed by atoms with Gasteiger partial charge in [-0.15, -0.1) is 0 Å². The third-order valence-corrected chi connectivity index (χ3v) is 3.19. The Kier molecular flexibility index (Phi) is 2.76. The minimum Gasteiger partial charge on any atom is -0.508 e. The third kappa shape index (κ3) is 2.09. The monoisotopic (exact) mass is 272 g/mol. The number of benzene rings is 2. The van der Waals surface area contributed by atoms with E-state index in [1.54, 1.807) is 24.3 Å². The maximum absolute atomic E-state index is 12.1. The lowest BCUT2D eigenvalue weighted by Crippen LogP contribution is -1.98. The molecule has 1 aliphatic heterocycles. The number of allylic oxidation sites excluding steroid dienone is 1. The molecule has 19 heavy (non-hydrogen) atoms. The average Bonchev–Trinajstić information content (AvgIpc) is 2.68. The quantitative estimate of drug-likeness (QED) is 0.806. The minimum atomic E-state index is -0.213. The van der Waals surface area contributed by atoms with E-state index < -0.39 is 0 Å². The van der Waals surface area contributed by atoms with Crippen LogP contribution < -0.4 is 4.74 Å². The van der Waals surface area contributed by atoms with Crippen molar-refractivity contribution in [2.45, 2.75) is 0 Å². The molecule has 0 atom stereocenters. The largest absolute Gasteiger partial charge is 0.508 e. The van der Waals surface area contributed by atoms with Crippen molar-refractivity contribution < 1.29 is 14.6 Å². The maximum Gasteiger partial charge on any atom is 0.231 e. The molecule has 3 nitrogen and oxygen atoms in total. The van der Waals surface area contributed by atoms with Gasteiger partial charge in [-0.05, 0) is 29.8 Å². The fourth-order valence-corrected chi connectivity index (χ4v) is 2.10. The Bertz CT molecular complexity index is 704. The Morgan fingerprint density at radius 2 is 1.95 bits per heavy atom. The number of halogens is 1. The highest BCUT2D eigenvalue weighted by Gasteiger charge is 2.27. The predicted octanol–water partition coefficient (Wildman–Crippen LogP) is 3.66. The van der Waals surface area contributed by atoms with Crippen LogP contribution in [0.25, 0.3) is 6.08 Å². The number of phenols is 1. The zero-order valence-corrected chi connectivity index (χ0v) is 10.5. The minimum absolute atomic E-state index is 0.0607. The van der Waals surface area contributed by atoms with Crippen molar-refractivity contribution in [1.82, 2.24) is 0 Å². The standard InChI is InChI=1S/C15H9ClO3/c16-12-4-2-1-3-9(12)7-14-15(18)11-6-5-10(17)8-13(11)19-14/h1-8,17H. The molecule has 0 unspecified atom stereocenters. The molecule has 0 amide bonds. The molecule has 3 rings (SSSR count). The maximum atomic E-state index is 12.1. The van der Waals surface area contributed by atoms with Gasteiger partial charge in [0.05, 0.1) is 5.56 Å². The molecular formula is C15H9ClO3. The first-order chi connectivity index (χ1) is 9.15. The van der Waals surface area contributed by atoms with E-state index in [0.717, 1.165) is 0 Å². The number of fused-ring (bicyclic) bond motifs is 1. The molecule has 0 saturated heterocycles. The van der Waals surface area contributed by atoms with Gasteiger partial charge in [0.2, 0.25) is 5.78 Å². The molecule has 0 spiro atoms. The van der Waals surface area contributed by atoms with Crippen LogP contribution in [0.3, 0.4) is 0 Å². The molecule has 1 aliphatic rings. The van der Waals surface area contributed by atoms with Gasteiger partial charge >= 0.3 is 0 Å². The lowest BCUT2D eigenvalue weighted by atomic mass is 10.1. The number of hydrogen-bond acceptors (Lipinski definition) is 3. The number of carbonyl (C=O) groups excluding carboxylic acids is 1. The van der Waals surface area contributed by atoms with E-state index >= 15 is 0 Å². The van der Waals surface area contributed by atoms with Crippen LogP contribution in [0.5, 0.6) is 11.5 Å². The zero-order chi connectivity index (χ0) is 13.4. The molecule has 0 saturated carbocycles. The smallest absolute Gasteiger partial charge is 0.231 e. The summed E-state index contributed by atoms with van der Waals surface area (Å²) in [5, 5.41) is 9.92. The second-order valence-corrected chi connectivity index (χ2v) is 4.55. The van der Waals surface area contributed by atoms with Gasteiger partial charge in [-0.25, -0.2) is 0 Å². The highest BCUT2D eigenvalue weighted by molar-refractivity contribution is 6.32. The van der Waals surface area contributed by atoms with Crippen LogP contribution in [0.15, 0.2) is 48.2 Å². The number of rotatable bonds is 1. The summed E-state index contributed by atoms with van der Waals surface area (Å²) in [5.41, 5.74) is 1.15. The van der Waals surface area contributed by atoms with E-state index in [2.05, 4.69) is 0 Å². The van der Waals surface area contributed by atoms with E-state index in [1.807, 2.05) is 12.1 Å². The predicted molar refractivity (Wildman–Crippen MR) is 72.5 cm³/mol. The van der Waals surface area contributed by atoms with Crippen LogP contribution in [-0.2, 0) is 0 Å². The number of ether oxygens (including phenoxy) is 1. The van der Waals surface area contributed by atoms with Crippen molar-refractivity contribution in [3.63, 3.8) is 0 Å². The van der Waals surface area contributed by atoms with Gasteiger partial charge in [-0.3, -0.25) is 4.79 Å². The molecule has 94 valence electrons. The number of phenolic OH excluding ortho intramolecular Hbond substituents is 1. The molecule has 4 heteroatoms. The van der Waals surface area contributed by atoms with Crippen LogP contribution in [-0.4, -0.2) is 10.9 Å². The Hall–Kier alpha value is -2.26. The highest BCUT2D eigenvalue weighted by atomic mass is 35.5. The summed E-state index contributed by atoms with van der Waals surface area (Å²) in [6.45, 7) is 0.